The number of aromatic nitrogens is 2. The topological polar surface area (TPSA) is 25.8 Å². The minimum absolute atomic E-state index is 0.524. The molecular weight excluding hydrogens is 248 g/mol. The zero-order chi connectivity index (χ0) is 10.3. The fourth-order valence-electron chi connectivity index (χ4n) is 1.90. The van der Waals surface area contributed by atoms with Crippen LogP contribution in [0, 0.1) is 0 Å². The van der Waals surface area contributed by atoms with Gasteiger partial charge in [0.2, 0.25) is 4.47 Å². The summed E-state index contributed by atoms with van der Waals surface area (Å²) in [6, 6.07) is 2.26. The Balaban J connectivity index is 2.02. The molecule has 78 valence electrons. The van der Waals surface area contributed by atoms with E-state index in [1.807, 2.05) is 11.3 Å². The van der Waals surface area contributed by atoms with Crippen molar-refractivity contribution in [1.29, 1.82) is 0 Å². The largest absolute Gasteiger partial charge is 0.207 e. The summed E-state index contributed by atoms with van der Waals surface area (Å²) in [5.74, 6) is 0. The van der Waals surface area contributed by atoms with Gasteiger partial charge in [0.25, 0.3) is 0 Å². The minimum Gasteiger partial charge on any atom is -0.137 e. The molecule has 5 heteroatoms. The molecule has 1 aliphatic rings. The zero-order valence-corrected chi connectivity index (χ0v) is 10.4. The highest BCUT2D eigenvalue weighted by Crippen LogP contribution is 2.37. The van der Waals surface area contributed by atoms with E-state index < -0.39 is 0 Å². The molecule has 0 amide bonds. The fourth-order valence-corrected chi connectivity index (χ4v) is 4.02. The van der Waals surface area contributed by atoms with Gasteiger partial charge in [0, 0.05) is 4.88 Å². The molecule has 0 saturated heterocycles. The van der Waals surface area contributed by atoms with Gasteiger partial charge in [-0.05, 0) is 48.9 Å². The Morgan fingerprint density at radius 2 is 2.00 bits per heavy atom. The van der Waals surface area contributed by atoms with Crippen LogP contribution in [0.2, 0.25) is 4.47 Å². The van der Waals surface area contributed by atoms with Crippen molar-refractivity contribution < 1.29 is 0 Å². The Kier molecular flexibility index (Phi) is 2.50. The number of hydrogen-bond donors (Lipinski definition) is 0. The molecule has 3 rings (SSSR count). The molecule has 1 aliphatic carbocycles. The first-order chi connectivity index (χ1) is 7.33. The summed E-state index contributed by atoms with van der Waals surface area (Å²) in [6.45, 7) is 0. The molecule has 0 N–H and O–H groups in total. The van der Waals surface area contributed by atoms with E-state index in [1.54, 1.807) is 0 Å². The van der Waals surface area contributed by atoms with Crippen LogP contribution in [-0.4, -0.2) is 10.2 Å². The molecule has 15 heavy (non-hydrogen) atoms. The van der Waals surface area contributed by atoms with Gasteiger partial charge in [-0.2, -0.15) is 0 Å². The van der Waals surface area contributed by atoms with Crippen molar-refractivity contribution >= 4 is 34.3 Å². The van der Waals surface area contributed by atoms with Crippen molar-refractivity contribution in [3.8, 4) is 9.88 Å². The van der Waals surface area contributed by atoms with E-state index in [2.05, 4.69) is 16.3 Å². The van der Waals surface area contributed by atoms with Crippen LogP contribution in [0.3, 0.4) is 0 Å². The van der Waals surface area contributed by atoms with Crippen LogP contribution in [0.15, 0.2) is 6.07 Å². The molecule has 0 bridgehead atoms. The average molecular weight is 257 g/mol. The third-order valence-corrected chi connectivity index (χ3v) is 5.03. The Bertz CT molecular complexity index is 466. The molecule has 2 heterocycles. The standard InChI is InChI=1S/C10H9ClN2S2/c11-10-13-12-9(15-10)8-5-6-3-1-2-4-7(6)14-8/h5H,1-4H2. The second kappa shape index (κ2) is 3.85. The molecule has 0 atom stereocenters. The number of nitrogens with zero attached hydrogens (tertiary/aromatic N) is 2. The van der Waals surface area contributed by atoms with E-state index in [4.69, 9.17) is 11.6 Å². The summed E-state index contributed by atoms with van der Waals surface area (Å²) in [7, 11) is 0. The molecule has 2 aromatic heterocycles. The highest BCUT2D eigenvalue weighted by Gasteiger charge is 2.16. The van der Waals surface area contributed by atoms with Gasteiger partial charge in [-0.3, -0.25) is 0 Å². The van der Waals surface area contributed by atoms with Crippen molar-refractivity contribution in [2.24, 2.45) is 0 Å². The van der Waals surface area contributed by atoms with Crippen LogP contribution in [-0.2, 0) is 12.8 Å². The fraction of sp³-hybridized carbons (Fsp3) is 0.400. The van der Waals surface area contributed by atoms with E-state index >= 15 is 0 Å². The molecule has 2 nitrogen and oxygen atoms in total. The molecule has 2 aromatic rings. The van der Waals surface area contributed by atoms with E-state index in [0.717, 1.165) is 5.01 Å². The van der Waals surface area contributed by atoms with E-state index in [0.29, 0.717) is 4.47 Å². The first kappa shape index (κ1) is 9.75. The van der Waals surface area contributed by atoms with Gasteiger partial charge in [0.05, 0.1) is 4.88 Å². The number of rotatable bonds is 1. The predicted molar refractivity (Wildman–Crippen MR) is 64.9 cm³/mol. The Morgan fingerprint density at radius 3 is 2.73 bits per heavy atom. The Morgan fingerprint density at radius 1 is 1.13 bits per heavy atom. The summed E-state index contributed by atoms with van der Waals surface area (Å²) >= 11 is 9.10. The quantitative estimate of drug-likeness (QED) is 0.776. The van der Waals surface area contributed by atoms with E-state index in [9.17, 15) is 0 Å². The molecule has 0 radical (unpaired) electrons. The molecule has 0 unspecified atom stereocenters. The molecule has 0 spiro atoms. The number of aryl methyl sites for hydroxylation is 2. The molecule has 0 aromatic carbocycles. The van der Waals surface area contributed by atoms with E-state index in [-0.39, 0.29) is 0 Å². The van der Waals surface area contributed by atoms with Gasteiger partial charge in [0.1, 0.15) is 0 Å². The first-order valence-corrected chi connectivity index (χ1v) is 6.95. The summed E-state index contributed by atoms with van der Waals surface area (Å²) in [5, 5.41) is 8.87. The Labute approximate surface area is 101 Å². The SMILES string of the molecule is Clc1nnc(-c2cc3c(s2)CCCC3)s1. The summed E-state index contributed by atoms with van der Waals surface area (Å²) in [5.41, 5.74) is 1.51. The first-order valence-electron chi connectivity index (χ1n) is 4.94. The van der Waals surface area contributed by atoms with Crippen molar-refractivity contribution in [2.75, 3.05) is 0 Å². The number of fused-ring (bicyclic) bond motifs is 1. The normalized spacial score (nSPS) is 15.3. The van der Waals surface area contributed by atoms with Crippen LogP contribution in [0.5, 0.6) is 0 Å². The maximum absolute atomic E-state index is 5.79. The van der Waals surface area contributed by atoms with Gasteiger partial charge in [-0.1, -0.05) is 11.3 Å². The van der Waals surface area contributed by atoms with Crippen molar-refractivity contribution in [1.82, 2.24) is 10.2 Å². The van der Waals surface area contributed by atoms with E-state index in [1.165, 1.54) is 52.3 Å². The number of thiophene rings is 1. The van der Waals surface area contributed by atoms with Crippen LogP contribution < -0.4 is 0 Å². The number of halogens is 1. The van der Waals surface area contributed by atoms with Crippen LogP contribution >= 0.6 is 34.3 Å². The zero-order valence-electron chi connectivity index (χ0n) is 7.99. The number of hydrogen-bond acceptors (Lipinski definition) is 4. The van der Waals surface area contributed by atoms with Gasteiger partial charge in [-0.15, -0.1) is 21.5 Å². The average Bonchev–Trinajstić information content (AvgIpc) is 2.82. The highest BCUT2D eigenvalue weighted by molar-refractivity contribution is 7.23. The maximum atomic E-state index is 5.79. The van der Waals surface area contributed by atoms with Gasteiger partial charge >= 0.3 is 0 Å². The molecule has 0 aliphatic heterocycles. The van der Waals surface area contributed by atoms with Crippen LogP contribution in [0.4, 0.5) is 0 Å². The molecule has 0 saturated carbocycles. The van der Waals surface area contributed by atoms with Gasteiger partial charge in [0.15, 0.2) is 5.01 Å². The lowest BCUT2D eigenvalue weighted by molar-refractivity contribution is 0.697. The second-order valence-electron chi connectivity index (χ2n) is 3.63. The van der Waals surface area contributed by atoms with Crippen molar-refractivity contribution in [3.05, 3.63) is 21.0 Å². The lowest BCUT2D eigenvalue weighted by Gasteiger charge is -2.08. The van der Waals surface area contributed by atoms with Crippen LogP contribution in [0.25, 0.3) is 9.88 Å². The lowest BCUT2D eigenvalue weighted by Crippen LogP contribution is -1.96. The van der Waals surface area contributed by atoms with Gasteiger partial charge < -0.3 is 0 Å². The third kappa shape index (κ3) is 1.82. The summed E-state index contributed by atoms with van der Waals surface area (Å²) < 4.78 is 0.524. The molecular formula is C10H9ClN2S2. The maximum Gasteiger partial charge on any atom is 0.207 e. The third-order valence-electron chi connectivity index (χ3n) is 2.61. The predicted octanol–water partition coefficient (Wildman–Crippen LogP) is 3.80. The minimum atomic E-state index is 0.524. The second-order valence-corrected chi connectivity index (χ2v) is 6.32. The lowest BCUT2D eigenvalue weighted by atomic mass is 9.99. The van der Waals surface area contributed by atoms with Crippen LogP contribution in [0.1, 0.15) is 23.3 Å². The van der Waals surface area contributed by atoms with Gasteiger partial charge in [-0.25, -0.2) is 0 Å². The monoisotopic (exact) mass is 256 g/mol. The summed E-state index contributed by atoms with van der Waals surface area (Å²) in [6.07, 6.45) is 5.09. The van der Waals surface area contributed by atoms with Crippen molar-refractivity contribution in [2.45, 2.75) is 25.7 Å². The Hall–Kier alpha value is -0.450. The smallest absolute Gasteiger partial charge is 0.137 e. The summed E-state index contributed by atoms with van der Waals surface area (Å²) in [4.78, 5) is 2.76. The molecule has 0 fully saturated rings. The highest BCUT2D eigenvalue weighted by atomic mass is 35.5. The van der Waals surface area contributed by atoms with Crippen molar-refractivity contribution in [3.63, 3.8) is 0 Å².